The number of thiophene rings is 1. The van der Waals surface area contributed by atoms with Gasteiger partial charge in [-0.1, -0.05) is 30.3 Å². The number of carbonyl (C=O) groups is 1. The molecule has 0 aliphatic carbocycles. The number of hydrogen-bond donors (Lipinski definition) is 1. The molecule has 4 rings (SSSR count). The van der Waals surface area contributed by atoms with Crippen LogP contribution in [0.4, 0.5) is 0 Å². The van der Waals surface area contributed by atoms with Crippen LogP contribution < -0.4 is 5.32 Å². The van der Waals surface area contributed by atoms with Gasteiger partial charge in [0.1, 0.15) is 5.69 Å². The summed E-state index contributed by atoms with van der Waals surface area (Å²) in [6.45, 7) is 4.45. The van der Waals surface area contributed by atoms with E-state index in [1.807, 2.05) is 29.7 Å². The average molecular weight is 384 g/mol. The zero-order chi connectivity index (χ0) is 17.9. The highest BCUT2D eigenvalue weighted by Crippen LogP contribution is 2.30. The smallest absolute Gasteiger partial charge is 0.270 e. The Morgan fingerprint density at radius 1 is 1.27 bits per heavy atom. The Morgan fingerprint density at radius 2 is 2.12 bits per heavy atom. The summed E-state index contributed by atoms with van der Waals surface area (Å²) >= 11 is 3.35. The molecule has 26 heavy (non-hydrogen) atoms. The largest absolute Gasteiger partial charge is 0.349 e. The first kappa shape index (κ1) is 17.4. The van der Waals surface area contributed by atoms with Crippen molar-refractivity contribution in [3.63, 3.8) is 0 Å². The SMILES string of the molecule is Cc1nc(C(=O)NCC(c2ccccc2)N2CCc3sccc3C2)cs1. The Bertz CT molecular complexity index is 887. The lowest BCUT2D eigenvalue weighted by atomic mass is 10.0. The van der Waals surface area contributed by atoms with Crippen molar-refractivity contribution in [2.75, 3.05) is 13.1 Å². The van der Waals surface area contributed by atoms with Crippen LogP contribution in [-0.2, 0) is 13.0 Å². The zero-order valence-electron chi connectivity index (χ0n) is 14.6. The highest BCUT2D eigenvalue weighted by Gasteiger charge is 2.26. The summed E-state index contributed by atoms with van der Waals surface area (Å²) in [5.74, 6) is -0.0940. The summed E-state index contributed by atoms with van der Waals surface area (Å²) in [5.41, 5.74) is 3.17. The molecule has 1 atom stereocenters. The zero-order valence-corrected chi connectivity index (χ0v) is 16.3. The van der Waals surface area contributed by atoms with Crippen LogP contribution in [0.1, 0.15) is 37.5 Å². The normalized spacial score (nSPS) is 15.4. The molecule has 1 aliphatic rings. The van der Waals surface area contributed by atoms with E-state index in [9.17, 15) is 4.79 Å². The van der Waals surface area contributed by atoms with Gasteiger partial charge >= 0.3 is 0 Å². The molecule has 134 valence electrons. The molecule has 0 bridgehead atoms. The summed E-state index contributed by atoms with van der Waals surface area (Å²) in [6.07, 6.45) is 1.08. The molecule has 0 saturated heterocycles. The van der Waals surface area contributed by atoms with Gasteiger partial charge in [0.2, 0.25) is 0 Å². The number of aromatic nitrogens is 1. The summed E-state index contributed by atoms with van der Waals surface area (Å²) in [6, 6.07) is 12.8. The summed E-state index contributed by atoms with van der Waals surface area (Å²) in [7, 11) is 0. The number of aryl methyl sites for hydroxylation is 1. The number of benzene rings is 1. The second kappa shape index (κ2) is 7.70. The van der Waals surface area contributed by atoms with Gasteiger partial charge in [0.25, 0.3) is 5.91 Å². The molecule has 1 aliphatic heterocycles. The van der Waals surface area contributed by atoms with Crippen LogP contribution in [0.5, 0.6) is 0 Å². The second-order valence-corrected chi connectivity index (χ2v) is 8.54. The number of hydrogen-bond acceptors (Lipinski definition) is 5. The maximum Gasteiger partial charge on any atom is 0.270 e. The third-order valence-electron chi connectivity index (χ3n) is 4.77. The molecular weight excluding hydrogens is 362 g/mol. The lowest BCUT2D eigenvalue weighted by Crippen LogP contribution is -2.40. The van der Waals surface area contributed by atoms with Gasteiger partial charge in [0.15, 0.2) is 0 Å². The van der Waals surface area contributed by atoms with E-state index in [0.29, 0.717) is 12.2 Å². The van der Waals surface area contributed by atoms with Crippen molar-refractivity contribution in [2.45, 2.75) is 25.9 Å². The summed E-state index contributed by atoms with van der Waals surface area (Å²) in [5, 5.41) is 8.00. The van der Waals surface area contributed by atoms with Crippen LogP contribution >= 0.6 is 22.7 Å². The molecule has 3 heterocycles. The van der Waals surface area contributed by atoms with Gasteiger partial charge in [0, 0.05) is 29.9 Å². The van der Waals surface area contributed by atoms with Crippen LogP contribution in [0.15, 0.2) is 47.2 Å². The molecule has 4 nitrogen and oxygen atoms in total. The van der Waals surface area contributed by atoms with Crippen molar-refractivity contribution in [1.29, 1.82) is 0 Å². The van der Waals surface area contributed by atoms with Crippen molar-refractivity contribution in [2.24, 2.45) is 0 Å². The van der Waals surface area contributed by atoms with Crippen molar-refractivity contribution in [1.82, 2.24) is 15.2 Å². The molecule has 0 saturated carbocycles. The van der Waals surface area contributed by atoms with E-state index in [4.69, 9.17) is 0 Å². The van der Waals surface area contributed by atoms with E-state index in [1.54, 1.807) is 0 Å². The van der Waals surface area contributed by atoms with Crippen molar-refractivity contribution >= 4 is 28.6 Å². The van der Waals surface area contributed by atoms with E-state index in [0.717, 1.165) is 24.5 Å². The lowest BCUT2D eigenvalue weighted by Gasteiger charge is -2.35. The van der Waals surface area contributed by atoms with Crippen LogP contribution in [0.2, 0.25) is 0 Å². The fraction of sp³-hybridized carbons (Fsp3) is 0.300. The minimum absolute atomic E-state index is 0.0940. The van der Waals surface area contributed by atoms with Crippen molar-refractivity contribution in [3.8, 4) is 0 Å². The Balaban J connectivity index is 1.51. The first-order valence-corrected chi connectivity index (χ1v) is 10.5. The molecule has 2 aromatic heterocycles. The number of amides is 1. The lowest BCUT2D eigenvalue weighted by molar-refractivity contribution is 0.0923. The Hall–Kier alpha value is -2.02. The molecule has 0 spiro atoms. The van der Waals surface area contributed by atoms with Crippen LogP contribution in [0.25, 0.3) is 0 Å². The third-order valence-corrected chi connectivity index (χ3v) is 6.57. The molecule has 6 heteroatoms. The monoisotopic (exact) mass is 383 g/mol. The predicted octanol–water partition coefficient (Wildman–Crippen LogP) is 4.04. The molecule has 0 fully saturated rings. The van der Waals surface area contributed by atoms with E-state index in [2.05, 4.69) is 50.9 Å². The predicted molar refractivity (Wildman–Crippen MR) is 107 cm³/mol. The van der Waals surface area contributed by atoms with E-state index < -0.39 is 0 Å². The molecule has 0 radical (unpaired) electrons. The molecule has 3 aromatic rings. The van der Waals surface area contributed by atoms with Crippen LogP contribution in [0, 0.1) is 6.92 Å². The maximum atomic E-state index is 12.4. The molecule has 1 N–H and O–H groups in total. The van der Waals surface area contributed by atoms with Crippen LogP contribution in [-0.4, -0.2) is 28.9 Å². The fourth-order valence-electron chi connectivity index (χ4n) is 3.42. The van der Waals surface area contributed by atoms with Gasteiger partial charge in [-0.25, -0.2) is 4.98 Å². The highest BCUT2D eigenvalue weighted by molar-refractivity contribution is 7.10. The van der Waals surface area contributed by atoms with Gasteiger partial charge in [-0.3, -0.25) is 9.69 Å². The first-order chi connectivity index (χ1) is 12.7. The molecular formula is C20H21N3OS2. The molecule has 1 amide bonds. The minimum atomic E-state index is -0.0940. The Kier molecular flexibility index (Phi) is 5.15. The van der Waals surface area contributed by atoms with Gasteiger partial charge in [-0.05, 0) is 35.9 Å². The molecule has 1 unspecified atom stereocenters. The van der Waals surface area contributed by atoms with Crippen molar-refractivity contribution in [3.05, 3.63) is 73.9 Å². The van der Waals surface area contributed by atoms with Gasteiger partial charge in [-0.15, -0.1) is 22.7 Å². The number of nitrogens with zero attached hydrogens (tertiary/aromatic N) is 2. The van der Waals surface area contributed by atoms with E-state index in [-0.39, 0.29) is 11.9 Å². The quantitative estimate of drug-likeness (QED) is 0.723. The van der Waals surface area contributed by atoms with E-state index >= 15 is 0 Å². The first-order valence-electron chi connectivity index (χ1n) is 8.75. The number of carbonyl (C=O) groups excluding carboxylic acids is 1. The van der Waals surface area contributed by atoms with Gasteiger partial charge in [0.05, 0.1) is 11.0 Å². The summed E-state index contributed by atoms with van der Waals surface area (Å²) < 4.78 is 0. The Morgan fingerprint density at radius 3 is 2.88 bits per heavy atom. The van der Waals surface area contributed by atoms with E-state index in [1.165, 1.54) is 27.3 Å². The fourth-order valence-corrected chi connectivity index (χ4v) is 4.90. The second-order valence-electron chi connectivity index (χ2n) is 6.48. The van der Waals surface area contributed by atoms with Crippen LogP contribution in [0.3, 0.4) is 0 Å². The molecule has 1 aromatic carbocycles. The van der Waals surface area contributed by atoms with Gasteiger partial charge in [-0.2, -0.15) is 0 Å². The number of nitrogens with one attached hydrogen (secondary N) is 1. The third kappa shape index (κ3) is 3.72. The number of thiazole rings is 1. The number of rotatable bonds is 5. The minimum Gasteiger partial charge on any atom is -0.349 e. The standard InChI is InChI=1S/C20H21N3OS2/c1-14-22-17(13-26-14)20(24)21-11-18(15-5-3-2-4-6-15)23-9-7-19-16(12-23)8-10-25-19/h2-6,8,10,13,18H,7,9,11-12H2,1H3,(H,21,24). The maximum absolute atomic E-state index is 12.4. The van der Waals surface area contributed by atoms with Crippen molar-refractivity contribution < 1.29 is 4.79 Å². The highest BCUT2D eigenvalue weighted by atomic mass is 32.1. The Labute approximate surface area is 161 Å². The number of fused-ring (bicyclic) bond motifs is 1. The average Bonchev–Trinajstić information content (AvgIpc) is 3.31. The summed E-state index contributed by atoms with van der Waals surface area (Å²) in [4.78, 5) is 20.7. The topological polar surface area (TPSA) is 45.2 Å². The van der Waals surface area contributed by atoms with Gasteiger partial charge < -0.3 is 5.32 Å².